The highest BCUT2D eigenvalue weighted by Crippen LogP contribution is 2.23. The van der Waals surface area contributed by atoms with E-state index in [9.17, 15) is 0 Å². The van der Waals surface area contributed by atoms with Gasteiger partial charge in [0.25, 0.3) is 0 Å². The Morgan fingerprint density at radius 2 is 1.75 bits per heavy atom. The van der Waals surface area contributed by atoms with Gasteiger partial charge in [0, 0.05) is 23.4 Å². The van der Waals surface area contributed by atoms with Gasteiger partial charge in [-0.2, -0.15) is 5.10 Å². The number of benzene rings is 1. The van der Waals surface area contributed by atoms with Crippen LogP contribution < -0.4 is 5.32 Å². The van der Waals surface area contributed by atoms with E-state index in [0.29, 0.717) is 12.0 Å². The molecule has 1 unspecified atom stereocenters. The van der Waals surface area contributed by atoms with Gasteiger partial charge in [0.1, 0.15) is 0 Å². The average molecular weight is 272 g/mol. The molecule has 108 valence electrons. The molecule has 20 heavy (non-hydrogen) atoms. The van der Waals surface area contributed by atoms with Crippen LogP contribution in [0.2, 0.25) is 0 Å². The van der Waals surface area contributed by atoms with E-state index in [2.05, 4.69) is 60.5 Å². The molecule has 4 heteroatoms. The minimum atomic E-state index is 0.352. The van der Waals surface area contributed by atoms with Crippen molar-refractivity contribution < 1.29 is 0 Å². The first kappa shape index (κ1) is 14.7. The number of hydrogen-bond acceptors (Lipinski definition) is 4. The molecule has 0 aliphatic rings. The summed E-state index contributed by atoms with van der Waals surface area (Å²) in [6.45, 7) is 7.43. The molecule has 0 amide bonds. The van der Waals surface area contributed by atoms with Crippen LogP contribution in [0.5, 0.6) is 0 Å². The van der Waals surface area contributed by atoms with Crippen molar-refractivity contribution in [2.45, 2.75) is 26.8 Å². The number of likely N-dealkylation sites (N-methyl/N-ethyl adjacent to an activating group) is 1. The second kappa shape index (κ2) is 6.18. The second-order valence-electron chi connectivity index (χ2n) is 5.94. The van der Waals surface area contributed by atoms with Crippen LogP contribution in [0.4, 0.5) is 5.82 Å². The van der Waals surface area contributed by atoms with Crippen LogP contribution in [0.1, 0.15) is 19.5 Å². The average Bonchev–Trinajstić information content (AvgIpc) is 2.40. The summed E-state index contributed by atoms with van der Waals surface area (Å²) in [4.78, 5) is 2.20. The second-order valence-corrected chi connectivity index (χ2v) is 5.94. The van der Waals surface area contributed by atoms with E-state index < -0.39 is 0 Å². The zero-order valence-corrected chi connectivity index (χ0v) is 13.0. The van der Waals surface area contributed by atoms with Crippen molar-refractivity contribution in [3.05, 3.63) is 30.0 Å². The lowest BCUT2D eigenvalue weighted by Crippen LogP contribution is -2.36. The molecule has 0 fully saturated rings. The largest absolute Gasteiger partial charge is 0.364 e. The van der Waals surface area contributed by atoms with E-state index in [4.69, 9.17) is 0 Å². The first-order valence-electron chi connectivity index (χ1n) is 7.12. The van der Waals surface area contributed by atoms with Gasteiger partial charge < -0.3 is 10.2 Å². The predicted octanol–water partition coefficient (Wildman–Crippen LogP) is 2.94. The summed E-state index contributed by atoms with van der Waals surface area (Å²) in [5, 5.41) is 14.5. The maximum absolute atomic E-state index is 4.36. The Morgan fingerprint density at radius 1 is 1.10 bits per heavy atom. The van der Waals surface area contributed by atoms with Crippen molar-refractivity contribution in [3.63, 3.8) is 0 Å². The maximum Gasteiger partial charge on any atom is 0.156 e. The van der Waals surface area contributed by atoms with Gasteiger partial charge in [0.2, 0.25) is 0 Å². The first-order valence-corrected chi connectivity index (χ1v) is 7.12. The Morgan fingerprint density at radius 3 is 2.35 bits per heavy atom. The smallest absolute Gasteiger partial charge is 0.156 e. The van der Waals surface area contributed by atoms with E-state index in [1.54, 1.807) is 0 Å². The van der Waals surface area contributed by atoms with Crippen molar-refractivity contribution in [1.82, 2.24) is 15.1 Å². The zero-order valence-electron chi connectivity index (χ0n) is 13.0. The number of rotatable bonds is 5. The molecule has 0 saturated heterocycles. The summed E-state index contributed by atoms with van der Waals surface area (Å²) in [5.74, 6) is 1.41. The molecule has 1 aromatic heterocycles. The number of nitrogens with zero attached hydrogens (tertiary/aromatic N) is 3. The fraction of sp³-hybridized carbons (Fsp3) is 0.500. The van der Waals surface area contributed by atoms with Crippen LogP contribution in [0.25, 0.3) is 10.8 Å². The number of aryl methyl sites for hydroxylation is 1. The molecule has 2 aromatic rings. The number of hydrogen-bond donors (Lipinski definition) is 1. The minimum absolute atomic E-state index is 0.352. The van der Waals surface area contributed by atoms with Gasteiger partial charge in [-0.05, 0) is 26.9 Å². The summed E-state index contributed by atoms with van der Waals surface area (Å²) in [5.41, 5.74) is 0.972. The third-order valence-corrected chi connectivity index (χ3v) is 3.56. The Kier molecular flexibility index (Phi) is 4.55. The normalized spacial score (nSPS) is 13.2. The van der Waals surface area contributed by atoms with Gasteiger partial charge in [-0.25, -0.2) is 0 Å². The lowest BCUT2D eigenvalue weighted by Gasteiger charge is -2.26. The summed E-state index contributed by atoms with van der Waals surface area (Å²) in [6, 6.07) is 8.64. The van der Waals surface area contributed by atoms with Crippen LogP contribution >= 0.6 is 0 Å². The lowest BCUT2D eigenvalue weighted by atomic mass is 10.0. The molecule has 0 aliphatic carbocycles. The SMILES string of the molecule is Cc1nnc(NC(CN(C)C)C(C)C)c2ccccc12. The standard InChI is InChI=1S/C16H24N4/c1-11(2)15(10-20(4)5)17-16-14-9-7-6-8-13(14)12(3)18-19-16/h6-9,11,15H,10H2,1-5H3,(H,17,19). The summed E-state index contributed by atoms with van der Waals surface area (Å²) in [7, 11) is 4.19. The van der Waals surface area contributed by atoms with E-state index in [-0.39, 0.29) is 0 Å². The van der Waals surface area contributed by atoms with Gasteiger partial charge >= 0.3 is 0 Å². The zero-order chi connectivity index (χ0) is 14.7. The van der Waals surface area contributed by atoms with Gasteiger partial charge in [-0.1, -0.05) is 38.1 Å². The van der Waals surface area contributed by atoms with Crippen LogP contribution in [0.15, 0.2) is 24.3 Å². The van der Waals surface area contributed by atoms with Crippen LogP contribution in [0, 0.1) is 12.8 Å². The molecule has 0 saturated carbocycles. The van der Waals surface area contributed by atoms with Gasteiger partial charge in [0.15, 0.2) is 5.82 Å². The molecular formula is C16H24N4. The summed E-state index contributed by atoms with van der Waals surface area (Å²) >= 11 is 0. The fourth-order valence-electron chi connectivity index (χ4n) is 2.34. The number of nitrogens with one attached hydrogen (secondary N) is 1. The Labute approximate surface area is 121 Å². The topological polar surface area (TPSA) is 41.1 Å². The van der Waals surface area contributed by atoms with E-state index in [1.807, 2.05) is 19.1 Å². The minimum Gasteiger partial charge on any atom is -0.364 e. The molecular weight excluding hydrogens is 248 g/mol. The Bertz CT molecular complexity index is 578. The van der Waals surface area contributed by atoms with E-state index in [1.165, 1.54) is 0 Å². The molecule has 0 radical (unpaired) electrons. The summed E-state index contributed by atoms with van der Waals surface area (Å²) < 4.78 is 0. The number of aromatic nitrogens is 2. The van der Waals surface area contributed by atoms with Gasteiger partial charge in [0.05, 0.1) is 5.69 Å². The highest BCUT2D eigenvalue weighted by Gasteiger charge is 2.16. The lowest BCUT2D eigenvalue weighted by molar-refractivity contribution is 0.344. The van der Waals surface area contributed by atoms with Crippen molar-refractivity contribution in [2.24, 2.45) is 5.92 Å². The number of anilines is 1. The Balaban J connectivity index is 2.35. The van der Waals surface area contributed by atoms with Crippen molar-refractivity contribution >= 4 is 16.6 Å². The molecule has 0 spiro atoms. The Hall–Kier alpha value is -1.68. The fourth-order valence-corrected chi connectivity index (χ4v) is 2.34. The number of fused-ring (bicyclic) bond motifs is 1. The van der Waals surface area contributed by atoms with Crippen LogP contribution in [0.3, 0.4) is 0 Å². The first-order chi connectivity index (χ1) is 9.49. The van der Waals surface area contributed by atoms with Crippen LogP contribution in [-0.4, -0.2) is 41.8 Å². The molecule has 1 atom stereocenters. The predicted molar refractivity (Wildman–Crippen MR) is 85.1 cm³/mol. The van der Waals surface area contributed by atoms with Gasteiger partial charge in [-0.15, -0.1) is 5.10 Å². The quantitative estimate of drug-likeness (QED) is 0.908. The summed E-state index contributed by atoms with van der Waals surface area (Å²) in [6.07, 6.45) is 0. The molecule has 0 bridgehead atoms. The molecule has 2 rings (SSSR count). The van der Waals surface area contributed by atoms with Crippen molar-refractivity contribution in [3.8, 4) is 0 Å². The third-order valence-electron chi connectivity index (χ3n) is 3.56. The van der Waals surface area contributed by atoms with Crippen molar-refractivity contribution in [1.29, 1.82) is 0 Å². The van der Waals surface area contributed by atoms with E-state index in [0.717, 1.165) is 28.8 Å². The van der Waals surface area contributed by atoms with Gasteiger partial charge in [-0.3, -0.25) is 0 Å². The highest BCUT2D eigenvalue weighted by molar-refractivity contribution is 5.92. The van der Waals surface area contributed by atoms with E-state index >= 15 is 0 Å². The van der Waals surface area contributed by atoms with Crippen LogP contribution in [-0.2, 0) is 0 Å². The molecule has 0 aliphatic heterocycles. The molecule has 1 aromatic carbocycles. The highest BCUT2D eigenvalue weighted by atomic mass is 15.2. The molecule has 1 heterocycles. The molecule has 1 N–H and O–H groups in total. The monoisotopic (exact) mass is 272 g/mol. The molecule has 4 nitrogen and oxygen atoms in total. The third kappa shape index (κ3) is 3.25. The van der Waals surface area contributed by atoms with Crippen molar-refractivity contribution in [2.75, 3.05) is 26.0 Å². The maximum atomic E-state index is 4.36.